The quantitative estimate of drug-likeness (QED) is 0.199. The van der Waals surface area contributed by atoms with Gasteiger partial charge in [-0.1, -0.05) is 115 Å². The molecule has 0 fully saturated rings. The van der Waals surface area contributed by atoms with Gasteiger partial charge >= 0.3 is 0 Å². The summed E-state index contributed by atoms with van der Waals surface area (Å²) in [5.41, 5.74) is 1.43. The summed E-state index contributed by atoms with van der Waals surface area (Å²) in [4.78, 5) is 0. The topological polar surface area (TPSA) is 0 Å². The van der Waals surface area contributed by atoms with Gasteiger partial charge < -0.3 is 0 Å². The zero-order chi connectivity index (χ0) is 16.3. The molecule has 0 aromatic carbocycles. The summed E-state index contributed by atoms with van der Waals surface area (Å²) in [5.74, 6) is 0. The molecule has 0 heterocycles. The standard InChI is InChI=1S/C22H40/c1-4-7-9-10-11-12-13-14-15-16-17-18-21-22(19-6-3)20-8-5-2/h6,8,19-20H,3-5,7,9-18,21H2,1-2H3/b20-8-,22-19+. The summed E-state index contributed by atoms with van der Waals surface area (Å²) in [6.45, 7) is 8.28. The number of hydrogen-bond donors (Lipinski definition) is 0. The molecular formula is C22H40. The van der Waals surface area contributed by atoms with Crippen LogP contribution in [0.1, 0.15) is 104 Å². The first kappa shape index (κ1) is 21.2. The smallest absolute Gasteiger partial charge is 0.0279 e. The Bertz CT molecular complexity index is 282. The molecule has 0 aliphatic rings. The predicted octanol–water partition coefficient (Wildman–Crippen LogP) is 8.16. The van der Waals surface area contributed by atoms with E-state index in [2.05, 4.69) is 38.7 Å². The van der Waals surface area contributed by atoms with Gasteiger partial charge in [0, 0.05) is 0 Å². The molecule has 0 atom stereocenters. The van der Waals surface area contributed by atoms with E-state index in [9.17, 15) is 0 Å². The maximum Gasteiger partial charge on any atom is -0.0279 e. The predicted molar refractivity (Wildman–Crippen MR) is 103 cm³/mol. The molecule has 0 saturated carbocycles. The maximum atomic E-state index is 3.81. The Hall–Kier alpha value is -0.780. The minimum absolute atomic E-state index is 1.12. The van der Waals surface area contributed by atoms with Crippen LogP contribution in [-0.4, -0.2) is 0 Å². The molecule has 0 heteroatoms. The van der Waals surface area contributed by atoms with Gasteiger partial charge in [-0.3, -0.25) is 0 Å². The molecule has 0 N–H and O–H groups in total. The zero-order valence-electron chi connectivity index (χ0n) is 15.4. The van der Waals surface area contributed by atoms with Crippen molar-refractivity contribution in [2.24, 2.45) is 0 Å². The van der Waals surface area contributed by atoms with Crippen molar-refractivity contribution in [3.05, 3.63) is 36.5 Å². The number of hydrogen-bond acceptors (Lipinski definition) is 0. The summed E-state index contributed by atoms with van der Waals surface area (Å²) in [5, 5.41) is 0. The van der Waals surface area contributed by atoms with Gasteiger partial charge in [-0.25, -0.2) is 0 Å². The average molecular weight is 305 g/mol. The molecule has 0 spiro atoms. The van der Waals surface area contributed by atoms with Crippen molar-refractivity contribution in [1.82, 2.24) is 0 Å². The van der Waals surface area contributed by atoms with Gasteiger partial charge in [-0.05, 0) is 24.8 Å². The molecule has 0 nitrogen and oxygen atoms in total. The SMILES string of the molecule is C=C/C=C(\C=C/CC)CCCCCCCCCCCCCC. The van der Waals surface area contributed by atoms with E-state index < -0.39 is 0 Å². The molecule has 128 valence electrons. The highest BCUT2D eigenvalue weighted by atomic mass is 14.0. The minimum Gasteiger partial charge on any atom is -0.0991 e. The van der Waals surface area contributed by atoms with Crippen LogP contribution in [0.25, 0.3) is 0 Å². The Morgan fingerprint density at radius 1 is 0.727 bits per heavy atom. The molecule has 0 aromatic rings. The van der Waals surface area contributed by atoms with Crippen molar-refractivity contribution in [3.8, 4) is 0 Å². The summed E-state index contributed by atoms with van der Waals surface area (Å²) in [7, 11) is 0. The van der Waals surface area contributed by atoms with Crippen LogP contribution in [0, 0.1) is 0 Å². The monoisotopic (exact) mass is 304 g/mol. The highest BCUT2D eigenvalue weighted by molar-refractivity contribution is 5.22. The van der Waals surface area contributed by atoms with Crippen molar-refractivity contribution in [3.63, 3.8) is 0 Å². The number of allylic oxidation sites excluding steroid dienone is 5. The van der Waals surface area contributed by atoms with Gasteiger partial charge in [-0.2, -0.15) is 0 Å². The van der Waals surface area contributed by atoms with Crippen LogP contribution in [0.15, 0.2) is 36.5 Å². The van der Waals surface area contributed by atoms with E-state index in [4.69, 9.17) is 0 Å². The molecule has 0 rings (SSSR count). The zero-order valence-corrected chi connectivity index (χ0v) is 15.4. The molecule has 0 saturated heterocycles. The Morgan fingerprint density at radius 2 is 1.23 bits per heavy atom. The van der Waals surface area contributed by atoms with Crippen molar-refractivity contribution >= 4 is 0 Å². The lowest BCUT2D eigenvalue weighted by Crippen LogP contribution is -1.84. The van der Waals surface area contributed by atoms with Crippen LogP contribution >= 0.6 is 0 Å². The van der Waals surface area contributed by atoms with E-state index in [1.807, 2.05) is 6.08 Å². The van der Waals surface area contributed by atoms with E-state index in [1.165, 1.54) is 89.0 Å². The molecule has 0 aromatic heterocycles. The van der Waals surface area contributed by atoms with Gasteiger partial charge in [-0.15, -0.1) is 0 Å². The van der Waals surface area contributed by atoms with Crippen LogP contribution in [0.4, 0.5) is 0 Å². The molecule has 0 bridgehead atoms. The van der Waals surface area contributed by atoms with Crippen molar-refractivity contribution < 1.29 is 0 Å². The second kappa shape index (κ2) is 18.3. The van der Waals surface area contributed by atoms with Crippen LogP contribution in [0.2, 0.25) is 0 Å². The molecule has 0 aliphatic heterocycles. The highest BCUT2D eigenvalue weighted by Crippen LogP contribution is 2.15. The average Bonchev–Trinajstić information content (AvgIpc) is 2.53. The van der Waals surface area contributed by atoms with Crippen molar-refractivity contribution in [1.29, 1.82) is 0 Å². The Morgan fingerprint density at radius 3 is 1.68 bits per heavy atom. The second-order valence-electron chi connectivity index (χ2n) is 6.43. The summed E-state index contributed by atoms with van der Waals surface area (Å²) >= 11 is 0. The lowest BCUT2D eigenvalue weighted by molar-refractivity contribution is 0.544. The highest BCUT2D eigenvalue weighted by Gasteiger charge is 1.95. The summed E-state index contributed by atoms with van der Waals surface area (Å²) < 4.78 is 0. The number of unbranched alkanes of at least 4 members (excludes halogenated alkanes) is 11. The van der Waals surface area contributed by atoms with Crippen molar-refractivity contribution in [2.75, 3.05) is 0 Å². The normalized spacial score (nSPS) is 12.2. The fourth-order valence-corrected chi connectivity index (χ4v) is 2.81. The van der Waals surface area contributed by atoms with Crippen LogP contribution in [-0.2, 0) is 0 Å². The van der Waals surface area contributed by atoms with Crippen LogP contribution < -0.4 is 0 Å². The Kier molecular flexibility index (Phi) is 17.6. The van der Waals surface area contributed by atoms with E-state index in [0.29, 0.717) is 0 Å². The first-order chi connectivity index (χ1) is 10.8. The molecule has 0 unspecified atom stereocenters. The van der Waals surface area contributed by atoms with Gasteiger partial charge in [0.05, 0.1) is 0 Å². The fraction of sp³-hybridized carbons (Fsp3) is 0.727. The molecule has 0 radical (unpaired) electrons. The molecule has 0 aliphatic carbocycles. The third kappa shape index (κ3) is 15.6. The summed E-state index contributed by atoms with van der Waals surface area (Å²) in [6.07, 6.45) is 28.0. The molecule has 0 amide bonds. The van der Waals surface area contributed by atoms with Gasteiger partial charge in [0.15, 0.2) is 0 Å². The van der Waals surface area contributed by atoms with E-state index in [-0.39, 0.29) is 0 Å². The maximum absolute atomic E-state index is 3.81. The lowest BCUT2D eigenvalue weighted by Gasteiger charge is -2.04. The van der Waals surface area contributed by atoms with Crippen LogP contribution in [0.5, 0.6) is 0 Å². The lowest BCUT2D eigenvalue weighted by atomic mass is 10.0. The van der Waals surface area contributed by atoms with Gasteiger partial charge in [0.25, 0.3) is 0 Å². The largest absolute Gasteiger partial charge is 0.0991 e. The third-order valence-corrected chi connectivity index (χ3v) is 4.22. The van der Waals surface area contributed by atoms with E-state index in [0.717, 1.165) is 6.42 Å². The van der Waals surface area contributed by atoms with Gasteiger partial charge in [0.2, 0.25) is 0 Å². The first-order valence-electron chi connectivity index (χ1n) is 9.83. The third-order valence-electron chi connectivity index (χ3n) is 4.22. The van der Waals surface area contributed by atoms with Gasteiger partial charge in [0.1, 0.15) is 0 Å². The minimum atomic E-state index is 1.12. The molecule has 22 heavy (non-hydrogen) atoms. The first-order valence-corrected chi connectivity index (χ1v) is 9.83. The van der Waals surface area contributed by atoms with E-state index in [1.54, 1.807) is 0 Å². The Labute approximate surface area is 140 Å². The Balaban J connectivity index is 3.36. The fourth-order valence-electron chi connectivity index (χ4n) is 2.81. The van der Waals surface area contributed by atoms with E-state index >= 15 is 0 Å². The number of rotatable bonds is 16. The van der Waals surface area contributed by atoms with Crippen LogP contribution in [0.3, 0.4) is 0 Å². The molecular weight excluding hydrogens is 264 g/mol. The van der Waals surface area contributed by atoms with Crippen molar-refractivity contribution in [2.45, 2.75) is 104 Å². The summed E-state index contributed by atoms with van der Waals surface area (Å²) in [6, 6.07) is 0. The second-order valence-corrected chi connectivity index (χ2v) is 6.43.